The third kappa shape index (κ3) is 3.28. The van der Waals surface area contributed by atoms with Crippen molar-refractivity contribution in [1.82, 2.24) is 0 Å². The maximum atomic E-state index is 11.7. The Morgan fingerprint density at radius 3 is 2.71 bits per heavy atom. The smallest absolute Gasteiger partial charge is 0.330 e. The van der Waals surface area contributed by atoms with E-state index < -0.39 is 0 Å². The minimum atomic E-state index is -0.290. The van der Waals surface area contributed by atoms with E-state index in [0.717, 1.165) is 24.2 Å². The Kier molecular flexibility index (Phi) is 3.96. The molecule has 3 nitrogen and oxygen atoms in total. The second kappa shape index (κ2) is 6.05. The molecule has 0 radical (unpaired) electrons. The van der Waals surface area contributed by atoms with Gasteiger partial charge in [0.15, 0.2) is 0 Å². The average molecular weight is 282 g/mol. The molecule has 0 aromatic heterocycles. The summed E-state index contributed by atoms with van der Waals surface area (Å²) in [6.45, 7) is 0.488. The van der Waals surface area contributed by atoms with Crippen molar-refractivity contribution in [2.75, 3.05) is 13.7 Å². The van der Waals surface area contributed by atoms with Crippen LogP contribution in [0.5, 0.6) is 5.75 Å². The second-order valence-electron chi connectivity index (χ2n) is 5.56. The van der Waals surface area contributed by atoms with Gasteiger partial charge in [-0.05, 0) is 36.6 Å². The largest absolute Gasteiger partial charge is 0.497 e. The zero-order valence-electron chi connectivity index (χ0n) is 12.0. The fourth-order valence-electron chi connectivity index (χ4n) is 2.95. The Morgan fingerprint density at radius 1 is 1.29 bits per heavy atom. The maximum absolute atomic E-state index is 11.7. The summed E-state index contributed by atoms with van der Waals surface area (Å²) in [7, 11) is 1.63. The molecule has 0 aliphatic heterocycles. The van der Waals surface area contributed by atoms with Gasteiger partial charge in [-0.1, -0.05) is 24.0 Å². The first-order valence-corrected chi connectivity index (χ1v) is 7.24. The van der Waals surface area contributed by atoms with Crippen LogP contribution in [0.3, 0.4) is 0 Å². The lowest BCUT2D eigenvalue weighted by atomic mass is 9.96. The molecule has 1 aromatic carbocycles. The first-order chi connectivity index (χ1) is 10.2. The lowest BCUT2D eigenvalue weighted by Crippen LogP contribution is -2.16. The predicted molar refractivity (Wildman–Crippen MR) is 80.5 cm³/mol. The minimum Gasteiger partial charge on any atom is -0.497 e. The first kappa shape index (κ1) is 13.8. The summed E-state index contributed by atoms with van der Waals surface area (Å²) in [6, 6.07) is 7.51. The number of carbonyl (C=O) groups excluding carboxylic acids is 1. The molecule has 3 unspecified atom stereocenters. The number of esters is 1. The molecule has 0 amide bonds. The lowest BCUT2D eigenvalue weighted by Gasteiger charge is -2.14. The monoisotopic (exact) mass is 282 g/mol. The van der Waals surface area contributed by atoms with Crippen LogP contribution < -0.4 is 4.74 Å². The summed E-state index contributed by atoms with van der Waals surface area (Å²) >= 11 is 0. The maximum Gasteiger partial charge on any atom is 0.330 e. The van der Waals surface area contributed by atoms with E-state index in [1.54, 1.807) is 13.2 Å². The standard InChI is InChI=1S/C18H18O3/c1-20-17-7-3-13(4-8-17)5-9-18(19)21-12-16-11-14-2-6-15(16)10-14/h3-5,7-9,14-16H,10-12H2,1H3/b9-5+. The molecule has 0 heterocycles. The Bertz CT molecular complexity index is 604. The Labute approximate surface area is 124 Å². The molecule has 2 aliphatic carbocycles. The van der Waals surface area contributed by atoms with Crippen LogP contribution in [0, 0.1) is 29.6 Å². The SMILES string of the molecule is COc1ccc(/C=C/C(=O)OCC2CC3C#CC2C3)cc1. The van der Waals surface area contributed by atoms with Gasteiger partial charge >= 0.3 is 5.97 Å². The van der Waals surface area contributed by atoms with E-state index in [2.05, 4.69) is 11.8 Å². The van der Waals surface area contributed by atoms with Crippen LogP contribution in [0.2, 0.25) is 0 Å². The van der Waals surface area contributed by atoms with Crippen molar-refractivity contribution < 1.29 is 14.3 Å². The highest BCUT2D eigenvalue weighted by atomic mass is 16.5. The van der Waals surface area contributed by atoms with Gasteiger partial charge in [-0.25, -0.2) is 4.79 Å². The Hall–Kier alpha value is -2.21. The average Bonchev–Trinajstić information content (AvgIpc) is 3.14. The molecule has 0 saturated heterocycles. The predicted octanol–water partition coefficient (Wildman–Crippen LogP) is 2.91. The molecule has 3 atom stereocenters. The fourth-order valence-corrected chi connectivity index (χ4v) is 2.95. The van der Waals surface area contributed by atoms with E-state index in [1.165, 1.54) is 6.08 Å². The summed E-state index contributed by atoms with van der Waals surface area (Å²) in [4.78, 5) is 11.7. The quantitative estimate of drug-likeness (QED) is 0.473. The zero-order chi connectivity index (χ0) is 14.7. The molecule has 1 aromatic rings. The molecule has 1 saturated carbocycles. The molecule has 2 bridgehead atoms. The molecule has 21 heavy (non-hydrogen) atoms. The topological polar surface area (TPSA) is 35.5 Å². The van der Waals surface area contributed by atoms with Crippen molar-refractivity contribution in [3.8, 4) is 17.6 Å². The van der Waals surface area contributed by atoms with Crippen molar-refractivity contribution >= 4 is 12.0 Å². The highest BCUT2D eigenvalue weighted by molar-refractivity contribution is 5.87. The first-order valence-electron chi connectivity index (χ1n) is 7.24. The molecular weight excluding hydrogens is 264 g/mol. The molecule has 3 heteroatoms. The molecule has 2 aliphatic rings. The summed E-state index contributed by atoms with van der Waals surface area (Å²) in [5.74, 6) is 8.35. The minimum absolute atomic E-state index is 0.290. The molecule has 0 spiro atoms. The molecular formula is C18H18O3. The number of hydrogen-bond acceptors (Lipinski definition) is 3. The zero-order valence-corrected chi connectivity index (χ0v) is 12.0. The summed E-state index contributed by atoms with van der Waals surface area (Å²) < 4.78 is 10.4. The van der Waals surface area contributed by atoms with Gasteiger partial charge in [0.25, 0.3) is 0 Å². The van der Waals surface area contributed by atoms with E-state index in [-0.39, 0.29) is 5.97 Å². The van der Waals surface area contributed by atoms with Crippen LogP contribution in [-0.4, -0.2) is 19.7 Å². The summed E-state index contributed by atoms with van der Waals surface area (Å²) in [5, 5.41) is 0. The number of ether oxygens (including phenoxy) is 2. The van der Waals surface area contributed by atoms with Crippen molar-refractivity contribution in [2.24, 2.45) is 17.8 Å². The van der Waals surface area contributed by atoms with Gasteiger partial charge in [0, 0.05) is 23.8 Å². The molecule has 3 rings (SSSR count). The number of fused-ring (bicyclic) bond motifs is 2. The Morgan fingerprint density at radius 2 is 2.10 bits per heavy atom. The number of rotatable bonds is 5. The lowest BCUT2D eigenvalue weighted by molar-refractivity contribution is -0.139. The van der Waals surface area contributed by atoms with Crippen LogP contribution in [0.1, 0.15) is 18.4 Å². The molecule has 1 fully saturated rings. The van der Waals surface area contributed by atoms with Crippen LogP contribution in [0.25, 0.3) is 6.08 Å². The van der Waals surface area contributed by atoms with Gasteiger partial charge in [0.05, 0.1) is 13.7 Å². The van der Waals surface area contributed by atoms with E-state index in [4.69, 9.17) is 9.47 Å². The fraction of sp³-hybridized carbons (Fsp3) is 0.389. The van der Waals surface area contributed by atoms with E-state index in [9.17, 15) is 4.79 Å². The number of carbonyl (C=O) groups is 1. The highest BCUT2D eigenvalue weighted by Gasteiger charge is 2.36. The number of methoxy groups -OCH3 is 1. The van der Waals surface area contributed by atoms with Crippen molar-refractivity contribution in [3.63, 3.8) is 0 Å². The number of hydrogen-bond donors (Lipinski definition) is 0. The van der Waals surface area contributed by atoms with E-state index in [0.29, 0.717) is 24.4 Å². The van der Waals surface area contributed by atoms with Gasteiger partial charge < -0.3 is 9.47 Å². The normalized spacial score (nSPS) is 25.7. The molecule has 0 N–H and O–H groups in total. The van der Waals surface area contributed by atoms with Crippen LogP contribution in [0.4, 0.5) is 0 Å². The van der Waals surface area contributed by atoms with Crippen molar-refractivity contribution in [3.05, 3.63) is 35.9 Å². The van der Waals surface area contributed by atoms with Crippen molar-refractivity contribution in [2.45, 2.75) is 12.8 Å². The second-order valence-corrected chi connectivity index (χ2v) is 5.56. The Balaban J connectivity index is 1.47. The van der Waals surface area contributed by atoms with Gasteiger partial charge in [0.2, 0.25) is 0 Å². The third-order valence-corrected chi connectivity index (χ3v) is 4.13. The van der Waals surface area contributed by atoms with Crippen molar-refractivity contribution in [1.29, 1.82) is 0 Å². The summed E-state index contributed by atoms with van der Waals surface area (Å²) in [5.41, 5.74) is 0.943. The van der Waals surface area contributed by atoms with Gasteiger partial charge in [-0.3, -0.25) is 0 Å². The van der Waals surface area contributed by atoms with Gasteiger partial charge in [-0.2, -0.15) is 0 Å². The van der Waals surface area contributed by atoms with Gasteiger partial charge in [-0.15, -0.1) is 0 Å². The highest BCUT2D eigenvalue weighted by Crippen LogP contribution is 2.39. The van der Waals surface area contributed by atoms with E-state index in [1.807, 2.05) is 24.3 Å². The third-order valence-electron chi connectivity index (χ3n) is 4.13. The van der Waals surface area contributed by atoms with Crippen LogP contribution >= 0.6 is 0 Å². The summed E-state index contributed by atoms with van der Waals surface area (Å²) in [6.07, 6.45) is 5.43. The van der Waals surface area contributed by atoms with E-state index >= 15 is 0 Å². The molecule has 108 valence electrons. The van der Waals surface area contributed by atoms with Crippen LogP contribution in [-0.2, 0) is 9.53 Å². The van der Waals surface area contributed by atoms with Crippen LogP contribution in [0.15, 0.2) is 30.3 Å². The number of benzene rings is 1. The van der Waals surface area contributed by atoms with Gasteiger partial charge in [0.1, 0.15) is 5.75 Å².